The minimum Gasteiger partial charge on any atom is -0.481 e. The van der Waals surface area contributed by atoms with E-state index in [-0.39, 0.29) is 36.5 Å². The zero-order valence-electron chi connectivity index (χ0n) is 27.1. The van der Waals surface area contributed by atoms with Crippen LogP contribution in [0.1, 0.15) is 54.9 Å². The summed E-state index contributed by atoms with van der Waals surface area (Å²) in [4.78, 5) is 35.4. The Morgan fingerprint density at radius 1 is 0.818 bits per heavy atom. The van der Waals surface area contributed by atoms with Crippen LogP contribution in [0.5, 0.6) is 0 Å². The molecule has 0 spiro atoms. The van der Waals surface area contributed by atoms with E-state index >= 15 is 0 Å². The average Bonchev–Trinajstić information content (AvgIpc) is 2.97. The number of nitrogens with two attached hydrogens (primary N) is 1. The molecule has 0 radical (unpaired) electrons. The van der Waals surface area contributed by atoms with Gasteiger partial charge in [-0.1, -0.05) is 78.5 Å². The van der Waals surface area contributed by atoms with E-state index < -0.39 is 72.4 Å². The number of ketones is 1. The number of hydrogen-bond acceptors (Lipinski definition) is 10. The van der Waals surface area contributed by atoms with Crippen molar-refractivity contribution in [1.82, 2.24) is 5.32 Å². The number of primary amides is 1. The van der Waals surface area contributed by atoms with Crippen LogP contribution in [0, 0.1) is 41.4 Å². The summed E-state index contributed by atoms with van der Waals surface area (Å²) in [6, 6.07) is 0. The van der Waals surface area contributed by atoms with Gasteiger partial charge in [0.15, 0.2) is 5.78 Å². The Bertz CT molecular complexity index is 957. The molecule has 44 heavy (non-hydrogen) atoms. The number of nitrogens with one attached hydrogen (secondary N) is 1. The number of carbonyl (C=O) groups excluding carboxylic acids is 2. The predicted octanol–water partition coefficient (Wildman–Crippen LogP) is 1.64. The molecule has 12 nitrogen and oxygen atoms in total. The van der Waals surface area contributed by atoms with E-state index in [4.69, 9.17) is 15.6 Å². The molecule has 0 saturated heterocycles. The minimum absolute atomic E-state index is 0.0549. The third-order valence-electron chi connectivity index (χ3n) is 8.45. The minimum atomic E-state index is -1.28. The van der Waals surface area contributed by atoms with Crippen LogP contribution in [-0.4, -0.2) is 98.2 Å². The van der Waals surface area contributed by atoms with E-state index in [2.05, 4.69) is 11.9 Å². The van der Waals surface area contributed by atoms with Gasteiger partial charge in [-0.15, -0.1) is 0 Å². The van der Waals surface area contributed by atoms with Crippen molar-refractivity contribution in [2.45, 2.75) is 91.5 Å². The number of carboxylic acid groups (broad SMARTS) is 1. The topological polar surface area (TPSA) is 220 Å². The number of aliphatic carboxylic acids is 1. The number of carbonyl (C=O) groups is 3. The van der Waals surface area contributed by atoms with Gasteiger partial charge in [0.25, 0.3) is 0 Å². The first-order chi connectivity index (χ1) is 20.4. The number of allylic oxidation sites excluding steroid dienone is 2. The molecule has 0 aromatic carbocycles. The van der Waals surface area contributed by atoms with Crippen LogP contribution < -0.4 is 11.1 Å². The molecule has 0 heterocycles. The van der Waals surface area contributed by atoms with Crippen LogP contribution in [0.2, 0.25) is 0 Å². The van der Waals surface area contributed by atoms with Gasteiger partial charge < -0.3 is 46.4 Å². The summed E-state index contributed by atoms with van der Waals surface area (Å²) in [5.41, 5.74) is 5.23. The van der Waals surface area contributed by atoms with Crippen molar-refractivity contribution >= 4 is 17.8 Å². The summed E-state index contributed by atoms with van der Waals surface area (Å²) in [5, 5.41) is 64.5. The largest absolute Gasteiger partial charge is 0.481 e. The summed E-state index contributed by atoms with van der Waals surface area (Å²) in [7, 11) is 0. The molecule has 0 rings (SSSR count). The molecule has 9 N–H and O–H groups in total. The summed E-state index contributed by atoms with van der Waals surface area (Å²) < 4.78 is 5.25. The van der Waals surface area contributed by atoms with Gasteiger partial charge in [-0.25, -0.2) is 4.79 Å². The number of amides is 1. The first-order valence-electron chi connectivity index (χ1n) is 15.2. The molecule has 12 heteroatoms. The number of hydrogen-bond donors (Lipinski definition) is 8. The molecule has 0 saturated carbocycles. The zero-order chi connectivity index (χ0) is 34.3. The van der Waals surface area contributed by atoms with E-state index in [9.17, 15) is 39.9 Å². The van der Waals surface area contributed by atoms with Gasteiger partial charge in [0.2, 0.25) is 0 Å². The second-order valence-corrected chi connectivity index (χ2v) is 12.2. The normalized spacial score (nSPS) is 21.2. The van der Waals surface area contributed by atoms with Gasteiger partial charge in [0.05, 0.1) is 43.0 Å². The second-order valence-electron chi connectivity index (χ2n) is 12.2. The number of rotatable bonds is 22. The smallest absolute Gasteiger partial charge is 0.404 e. The standard InChI is InChI=1S/C32H56N2O10/c1-9-10-11-18(3)30(44-32(33)43)22(7)28(39)21(6)26(37)16-34-15-19(4)27(38)17(2)12-13-24(35)14-25(36)20(5)29(40)23(8)31(41)42/h9-13,17-25,27-30,34-36,38-40H,1,14-16H2,2-8H3,(H2,33,43)(H,41,42). The lowest BCUT2D eigenvalue weighted by atomic mass is 9.82. The van der Waals surface area contributed by atoms with Crippen LogP contribution >= 0.6 is 0 Å². The molecule has 0 aliphatic heterocycles. The maximum absolute atomic E-state index is 12.8. The first-order valence-corrected chi connectivity index (χ1v) is 15.2. The molecule has 0 aromatic heterocycles. The highest BCUT2D eigenvalue weighted by Gasteiger charge is 2.36. The molecule has 0 aliphatic carbocycles. The lowest BCUT2D eigenvalue weighted by Crippen LogP contribution is -2.44. The summed E-state index contributed by atoms with van der Waals surface area (Å²) in [5.74, 6) is -5.63. The van der Waals surface area contributed by atoms with Crippen molar-refractivity contribution in [3.05, 3.63) is 37.0 Å². The van der Waals surface area contributed by atoms with Gasteiger partial charge in [0, 0.05) is 42.6 Å². The van der Waals surface area contributed by atoms with Crippen LogP contribution in [0.15, 0.2) is 37.0 Å². The van der Waals surface area contributed by atoms with Gasteiger partial charge >= 0.3 is 12.1 Å². The Kier molecular flexibility index (Phi) is 19.2. The molecule has 254 valence electrons. The molecule has 13 atom stereocenters. The number of ether oxygens (including phenoxy) is 1. The third kappa shape index (κ3) is 14.0. The Morgan fingerprint density at radius 3 is 1.91 bits per heavy atom. The molecule has 1 amide bonds. The summed E-state index contributed by atoms with van der Waals surface area (Å²) in [6.45, 7) is 15.3. The number of Topliss-reactive ketones (excluding diaryl/α,β-unsaturated/α-hetero) is 1. The van der Waals surface area contributed by atoms with Crippen LogP contribution in [-0.2, 0) is 14.3 Å². The molecule has 0 aromatic rings. The third-order valence-corrected chi connectivity index (χ3v) is 8.45. The molecular formula is C32H56N2O10. The van der Waals surface area contributed by atoms with Crippen LogP contribution in [0.25, 0.3) is 0 Å². The Labute approximate surface area is 261 Å². The van der Waals surface area contributed by atoms with Crippen molar-refractivity contribution in [3.63, 3.8) is 0 Å². The highest BCUT2D eigenvalue weighted by molar-refractivity contribution is 5.83. The lowest BCUT2D eigenvalue weighted by molar-refractivity contribution is -0.147. The molecule has 0 aliphatic rings. The monoisotopic (exact) mass is 628 g/mol. The summed E-state index contributed by atoms with van der Waals surface area (Å²) >= 11 is 0. The van der Waals surface area contributed by atoms with Gasteiger partial charge in [-0.2, -0.15) is 0 Å². The highest BCUT2D eigenvalue weighted by Crippen LogP contribution is 2.26. The fraction of sp³-hybridized carbons (Fsp3) is 0.719. The fourth-order valence-electron chi connectivity index (χ4n) is 5.04. The van der Waals surface area contributed by atoms with Crippen molar-refractivity contribution in [3.8, 4) is 0 Å². The van der Waals surface area contributed by atoms with E-state index in [0.29, 0.717) is 6.54 Å². The number of aliphatic hydroxyl groups is 5. The van der Waals surface area contributed by atoms with Crippen molar-refractivity contribution < 1.29 is 49.8 Å². The quantitative estimate of drug-likeness (QED) is 0.0636. The van der Waals surface area contributed by atoms with Gasteiger partial charge in [0.1, 0.15) is 6.10 Å². The summed E-state index contributed by atoms with van der Waals surface area (Å²) in [6.07, 6.45) is 0.777. The Hall–Kier alpha value is -2.61. The van der Waals surface area contributed by atoms with Crippen molar-refractivity contribution in [2.24, 2.45) is 47.2 Å². The highest BCUT2D eigenvalue weighted by atomic mass is 16.6. The van der Waals surface area contributed by atoms with Gasteiger partial charge in [-0.05, 0) is 12.8 Å². The Balaban J connectivity index is 4.94. The predicted molar refractivity (Wildman–Crippen MR) is 167 cm³/mol. The van der Waals surface area contributed by atoms with Crippen molar-refractivity contribution in [2.75, 3.05) is 13.1 Å². The van der Waals surface area contributed by atoms with E-state index in [0.717, 1.165) is 0 Å². The maximum atomic E-state index is 12.8. The van der Waals surface area contributed by atoms with Crippen LogP contribution in [0.3, 0.4) is 0 Å². The zero-order valence-corrected chi connectivity index (χ0v) is 27.1. The molecule has 0 bridgehead atoms. The van der Waals surface area contributed by atoms with Gasteiger partial charge in [-0.3, -0.25) is 9.59 Å². The lowest BCUT2D eigenvalue weighted by Gasteiger charge is -2.32. The maximum Gasteiger partial charge on any atom is 0.404 e. The number of aliphatic hydroxyl groups excluding tert-OH is 5. The molecular weight excluding hydrogens is 572 g/mol. The first kappa shape index (κ1) is 41.4. The van der Waals surface area contributed by atoms with E-state index in [1.165, 1.54) is 19.9 Å². The second kappa shape index (κ2) is 20.4. The molecule has 0 fully saturated rings. The number of carboxylic acids is 1. The average molecular weight is 629 g/mol. The Morgan fingerprint density at radius 2 is 1.39 bits per heavy atom. The van der Waals surface area contributed by atoms with E-state index in [1.54, 1.807) is 58.9 Å². The fourth-order valence-corrected chi connectivity index (χ4v) is 5.04. The molecule has 13 unspecified atom stereocenters. The SMILES string of the molecule is C=CC=CC(C)C(OC(N)=O)C(C)C(O)C(C)C(=O)CNCC(C)C(O)C(C)C=CC(O)CC(O)C(C)C(O)C(C)C(=O)O. The van der Waals surface area contributed by atoms with Crippen molar-refractivity contribution in [1.29, 1.82) is 0 Å². The van der Waals surface area contributed by atoms with Crippen LogP contribution in [0.4, 0.5) is 4.79 Å². The van der Waals surface area contributed by atoms with E-state index in [1.807, 2.05) is 0 Å².